The van der Waals surface area contributed by atoms with Gasteiger partial charge in [-0.3, -0.25) is 4.79 Å². The van der Waals surface area contributed by atoms with Gasteiger partial charge in [-0.15, -0.1) is 11.3 Å². The number of thiazole rings is 1. The number of rotatable bonds is 8. The van der Waals surface area contributed by atoms with Gasteiger partial charge in [0.25, 0.3) is 0 Å². The van der Waals surface area contributed by atoms with Crippen LogP contribution in [0.25, 0.3) is 10.8 Å². The zero-order chi connectivity index (χ0) is 20.0. The van der Waals surface area contributed by atoms with E-state index in [2.05, 4.69) is 15.0 Å². The molecule has 5 nitrogen and oxygen atoms in total. The second-order valence-electron chi connectivity index (χ2n) is 6.00. The maximum Gasteiger partial charge on any atom is 0.411 e. The maximum atomic E-state index is 12.1. The van der Waals surface area contributed by atoms with Gasteiger partial charge in [0.05, 0.1) is 25.0 Å². The number of hydrogen-bond acceptors (Lipinski definition) is 5. The predicted octanol–water partition coefficient (Wildman–Crippen LogP) is 4.34. The molecule has 1 N–H and O–H groups in total. The first kappa shape index (κ1) is 20.1. The van der Waals surface area contributed by atoms with E-state index in [1.54, 1.807) is 42.7 Å². The number of amides is 1. The average molecular weight is 410 g/mol. The lowest BCUT2D eigenvalue weighted by atomic mass is 10.1. The topological polar surface area (TPSA) is 64.4 Å². The fourth-order valence-electron chi connectivity index (χ4n) is 2.37. The zero-order valence-corrected chi connectivity index (χ0v) is 15.5. The zero-order valence-electron chi connectivity index (χ0n) is 14.7. The van der Waals surface area contributed by atoms with Crippen molar-refractivity contribution in [1.82, 2.24) is 10.3 Å². The minimum Gasteiger partial charge on any atom is -0.462 e. The Bertz CT molecular complexity index is 890. The molecule has 0 spiro atoms. The van der Waals surface area contributed by atoms with Crippen molar-refractivity contribution in [3.63, 3.8) is 0 Å². The number of nitrogens with one attached hydrogen (secondary N) is 1. The van der Waals surface area contributed by atoms with Crippen LogP contribution in [0.5, 0.6) is 0 Å². The number of alkyl halides is 3. The summed E-state index contributed by atoms with van der Waals surface area (Å²) >= 11 is 1.41. The highest BCUT2D eigenvalue weighted by Gasteiger charge is 2.27. The molecule has 3 rings (SSSR count). The number of nitrogens with zero attached hydrogens (tertiary/aromatic N) is 1. The molecule has 0 saturated heterocycles. The van der Waals surface area contributed by atoms with Gasteiger partial charge in [0.15, 0.2) is 10.8 Å². The Morgan fingerprint density at radius 2 is 1.93 bits per heavy atom. The smallest absolute Gasteiger partial charge is 0.411 e. The highest BCUT2D eigenvalue weighted by molar-refractivity contribution is 7.13. The van der Waals surface area contributed by atoms with Gasteiger partial charge in [-0.2, -0.15) is 13.2 Å². The van der Waals surface area contributed by atoms with E-state index < -0.39 is 12.8 Å². The first-order chi connectivity index (χ1) is 13.4. The fourth-order valence-corrected chi connectivity index (χ4v) is 3.15. The summed E-state index contributed by atoms with van der Waals surface area (Å²) in [5, 5.41) is 5.33. The molecule has 148 valence electrons. The molecule has 2 heterocycles. The Hall–Kier alpha value is -2.65. The third-order valence-corrected chi connectivity index (χ3v) is 4.58. The number of furan rings is 1. The first-order valence-corrected chi connectivity index (χ1v) is 9.24. The lowest BCUT2D eigenvalue weighted by Crippen LogP contribution is -2.24. The molecule has 0 atom stereocenters. The molecule has 9 heteroatoms. The molecule has 0 aliphatic rings. The molecule has 0 aliphatic carbocycles. The van der Waals surface area contributed by atoms with Gasteiger partial charge in [0.2, 0.25) is 5.91 Å². The van der Waals surface area contributed by atoms with Crippen LogP contribution in [-0.2, 0) is 29.1 Å². The van der Waals surface area contributed by atoms with Crippen molar-refractivity contribution >= 4 is 17.2 Å². The van der Waals surface area contributed by atoms with Crippen LogP contribution in [0, 0.1) is 0 Å². The van der Waals surface area contributed by atoms with Gasteiger partial charge in [0, 0.05) is 11.9 Å². The lowest BCUT2D eigenvalue weighted by Gasteiger charge is -2.08. The van der Waals surface area contributed by atoms with Gasteiger partial charge < -0.3 is 14.5 Å². The Morgan fingerprint density at radius 3 is 2.61 bits per heavy atom. The quantitative estimate of drug-likeness (QED) is 0.600. The molecule has 3 aromatic rings. The summed E-state index contributed by atoms with van der Waals surface area (Å²) in [6.45, 7) is -1.07. The van der Waals surface area contributed by atoms with E-state index in [1.807, 2.05) is 5.38 Å². The SMILES string of the molecule is O=C(Cc1csc(-c2ccco2)n1)NCc1ccc(COCC(F)(F)F)cc1. The van der Waals surface area contributed by atoms with Crippen molar-refractivity contribution in [2.45, 2.75) is 25.7 Å². The third kappa shape index (κ3) is 6.21. The van der Waals surface area contributed by atoms with Gasteiger partial charge >= 0.3 is 6.18 Å². The molecular formula is C19H17F3N2O3S. The van der Waals surface area contributed by atoms with Crippen LogP contribution in [-0.4, -0.2) is 23.7 Å². The van der Waals surface area contributed by atoms with Crippen LogP contribution in [0.15, 0.2) is 52.5 Å². The molecule has 0 bridgehead atoms. The van der Waals surface area contributed by atoms with Crippen LogP contribution >= 0.6 is 11.3 Å². The van der Waals surface area contributed by atoms with Gasteiger partial charge in [-0.1, -0.05) is 24.3 Å². The Morgan fingerprint density at radius 1 is 1.18 bits per heavy atom. The number of aromatic nitrogens is 1. The van der Waals surface area contributed by atoms with Crippen LogP contribution in [0.4, 0.5) is 13.2 Å². The van der Waals surface area contributed by atoms with Gasteiger partial charge in [-0.25, -0.2) is 4.98 Å². The Kier molecular flexibility index (Phi) is 6.48. The summed E-state index contributed by atoms with van der Waals surface area (Å²) < 4.78 is 46.0. The van der Waals surface area contributed by atoms with E-state index >= 15 is 0 Å². The summed E-state index contributed by atoms with van der Waals surface area (Å²) in [4.78, 5) is 16.5. The van der Waals surface area contributed by atoms with Crippen molar-refractivity contribution < 1.29 is 27.1 Å². The third-order valence-electron chi connectivity index (χ3n) is 3.67. The van der Waals surface area contributed by atoms with E-state index in [0.717, 1.165) is 10.6 Å². The fraction of sp³-hybridized carbons (Fsp3) is 0.263. The second-order valence-corrected chi connectivity index (χ2v) is 6.86. The Labute approximate surface area is 163 Å². The number of halogens is 3. The monoisotopic (exact) mass is 410 g/mol. The van der Waals surface area contributed by atoms with E-state index in [-0.39, 0.29) is 18.9 Å². The van der Waals surface area contributed by atoms with Crippen LogP contribution in [0.2, 0.25) is 0 Å². The van der Waals surface area contributed by atoms with Crippen molar-refractivity contribution in [2.24, 2.45) is 0 Å². The summed E-state index contributed by atoms with van der Waals surface area (Å²) in [7, 11) is 0. The van der Waals surface area contributed by atoms with Crippen molar-refractivity contribution in [2.75, 3.05) is 6.61 Å². The summed E-state index contributed by atoms with van der Waals surface area (Å²) in [5.74, 6) is 0.491. The van der Waals surface area contributed by atoms with Crippen LogP contribution in [0.3, 0.4) is 0 Å². The molecule has 1 aromatic carbocycles. The highest BCUT2D eigenvalue weighted by Crippen LogP contribution is 2.24. The molecular weight excluding hydrogens is 393 g/mol. The van der Waals surface area contributed by atoms with E-state index in [9.17, 15) is 18.0 Å². The van der Waals surface area contributed by atoms with E-state index in [4.69, 9.17) is 4.42 Å². The van der Waals surface area contributed by atoms with Crippen molar-refractivity contribution in [3.05, 3.63) is 64.9 Å². The second kappa shape index (κ2) is 9.03. The summed E-state index contributed by atoms with van der Waals surface area (Å²) in [6.07, 6.45) is -2.61. The molecule has 0 fully saturated rings. The van der Waals surface area contributed by atoms with Crippen molar-refractivity contribution in [1.29, 1.82) is 0 Å². The standard InChI is InChI=1S/C19H17F3N2O3S/c20-19(21,22)12-26-10-14-5-3-13(4-6-14)9-23-17(25)8-15-11-28-18(24-15)16-2-1-7-27-16/h1-7,11H,8-10,12H2,(H,23,25). The molecule has 0 unspecified atom stereocenters. The molecule has 0 saturated carbocycles. The highest BCUT2D eigenvalue weighted by atomic mass is 32.1. The number of benzene rings is 1. The van der Waals surface area contributed by atoms with E-state index in [0.29, 0.717) is 23.6 Å². The first-order valence-electron chi connectivity index (χ1n) is 8.36. The molecule has 0 radical (unpaired) electrons. The van der Waals surface area contributed by atoms with Gasteiger partial charge in [0.1, 0.15) is 6.61 Å². The minimum absolute atomic E-state index is 0.117. The number of hydrogen-bond donors (Lipinski definition) is 1. The largest absolute Gasteiger partial charge is 0.462 e. The van der Waals surface area contributed by atoms with Crippen molar-refractivity contribution in [3.8, 4) is 10.8 Å². The molecule has 28 heavy (non-hydrogen) atoms. The molecule has 1 amide bonds. The minimum atomic E-state index is -4.33. The normalized spacial score (nSPS) is 11.5. The predicted molar refractivity (Wildman–Crippen MR) is 97.5 cm³/mol. The van der Waals surface area contributed by atoms with Crippen LogP contribution < -0.4 is 5.32 Å². The van der Waals surface area contributed by atoms with Crippen LogP contribution in [0.1, 0.15) is 16.8 Å². The Balaban J connectivity index is 1.43. The molecule has 2 aromatic heterocycles. The number of ether oxygens (including phenoxy) is 1. The summed E-state index contributed by atoms with van der Waals surface area (Å²) in [6, 6.07) is 10.4. The van der Waals surface area contributed by atoms with E-state index in [1.165, 1.54) is 11.3 Å². The number of carbonyl (C=O) groups excluding carboxylic acids is 1. The summed E-state index contributed by atoms with van der Waals surface area (Å²) in [5.41, 5.74) is 2.13. The number of carbonyl (C=O) groups is 1. The maximum absolute atomic E-state index is 12.1. The lowest BCUT2D eigenvalue weighted by molar-refractivity contribution is -0.176. The molecule has 0 aliphatic heterocycles. The average Bonchev–Trinajstić information content (AvgIpc) is 3.31. The van der Waals surface area contributed by atoms with Gasteiger partial charge in [-0.05, 0) is 23.3 Å².